The molecule has 1 aromatic heterocycles. The molecule has 6 atom stereocenters. The molecule has 0 saturated heterocycles. The summed E-state index contributed by atoms with van der Waals surface area (Å²) in [4.78, 5) is 22.7. The highest BCUT2D eigenvalue weighted by Crippen LogP contribution is 2.62. The molecule has 0 unspecified atom stereocenters. The number of oxime groups is 1. The lowest BCUT2D eigenvalue weighted by Crippen LogP contribution is -2.69. The van der Waals surface area contributed by atoms with Gasteiger partial charge in [0.15, 0.2) is 6.29 Å². The van der Waals surface area contributed by atoms with Crippen LogP contribution in [0.25, 0.3) is 10.9 Å². The van der Waals surface area contributed by atoms with Gasteiger partial charge in [-0.15, -0.1) is 6.58 Å². The highest BCUT2D eigenvalue weighted by Gasteiger charge is 2.66. The van der Waals surface area contributed by atoms with E-state index >= 15 is 8.42 Å². The number of fused-ring (bicyclic) bond motifs is 3. The van der Waals surface area contributed by atoms with Crippen LogP contribution in [0.2, 0.25) is 0 Å². The Bertz CT molecular complexity index is 2460. The number of pyridine rings is 1. The van der Waals surface area contributed by atoms with E-state index in [2.05, 4.69) is 17.6 Å². The highest BCUT2D eigenvalue weighted by molar-refractivity contribution is 7.89. The van der Waals surface area contributed by atoms with E-state index in [0.29, 0.717) is 58.0 Å². The molecule has 1 fully saturated rings. The zero-order chi connectivity index (χ0) is 44.9. The number of aldehydes is 1. The molecule has 0 radical (unpaired) electrons. The van der Waals surface area contributed by atoms with Crippen molar-refractivity contribution in [2.45, 2.75) is 94.0 Å². The van der Waals surface area contributed by atoms with Crippen LogP contribution in [0.1, 0.15) is 87.6 Å². The molecular formula is C49H59N3O10S. The first-order valence-corrected chi connectivity index (χ1v) is 23.1. The number of unbranched alkanes of at least 4 members (excludes halogenated alkanes) is 2. The van der Waals surface area contributed by atoms with Crippen LogP contribution >= 0.6 is 0 Å². The molecule has 1 aliphatic heterocycles. The number of ether oxygens (including phenoxy) is 4. The number of nitrogens with zero attached hydrogens (tertiary/aromatic N) is 3. The predicted molar refractivity (Wildman–Crippen MR) is 241 cm³/mol. The molecule has 14 heteroatoms. The molecular weight excluding hydrogens is 823 g/mol. The van der Waals surface area contributed by atoms with Gasteiger partial charge in [0.2, 0.25) is 15.8 Å². The number of hydrogen-bond donors (Lipinski definition) is 2. The number of benzene rings is 3. The number of sulfonamides is 1. The molecule has 13 nitrogen and oxygen atoms in total. The lowest BCUT2D eigenvalue weighted by Gasteiger charge is -2.59. The summed E-state index contributed by atoms with van der Waals surface area (Å²) in [5, 5.41) is 25.4. The standard InChI is InChI=1S/C49H59N3O10S/c1-7-26-59-49-44(52(5)63(56,57)43-18-12-15-32-16-13-23-50-47(32)43)30-40(51-62-48(2,3)4)38-28-33(14-8-10-24-53)37(17-9-11-25-54)45(46(38)49)39-29-36(20-22-42(39)61-49)60-35-19-21-41(58-6)34(27-35)31-55/h7,12-13,15-16,18-23,27-29,31,33,37,44-46,53-54H,1,8-11,14,17,24-26,30H2,2-6H3/t33-,37+,44-,45+,46+,49+/m0/s1. The summed E-state index contributed by atoms with van der Waals surface area (Å²) in [6.45, 7) is 9.88. The van der Waals surface area contributed by atoms with Crippen LogP contribution in [0.5, 0.6) is 23.0 Å². The van der Waals surface area contributed by atoms with Gasteiger partial charge in [0, 0.05) is 49.7 Å². The zero-order valence-electron chi connectivity index (χ0n) is 36.7. The number of para-hydroxylation sites is 1. The van der Waals surface area contributed by atoms with Crippen molar-refractivity contribution in [3.8, 4) is 23.0 Å². The summed E-state index contributed by atoms with van der Waals surface area (Å²) >= 11 is 0. The van der Waals surface area contributed by atoms with Crippen molar-refractivity contribution in [1.82, 2.24) is 9.29 Å². The van der Waals surface area contributed by atoms with Crippen LogP contribution in [0.3, 0.4) is 0 Å². The monoisotopic (exact) mass is 881 g/mol. The first kappa shape index (κ1) is 45.9. The average Bonchev–Trinajstić information content (AvgIpc) is 3.28. The number of aromatic nitrogens is 1. The van der Waals surface area contributed by atoms with Gasteiger partial charge in [-0.2, -0.15) is 4.31 Å². The largest absolute Gasteiger partial charge is 0.496 e. The quantitative estimate of drug-likeness (QED) is 0.0401. The fraction of sp³-hybridized carbons (Fsp3) is 0.449. The Morgan fingerprint density at radius 3 is 2.44 bits per heavy atom. The summed E-state index contributed by atoms with van der Waals surface area (Å²) in [6.07, 6.45) is 10.5. The number of aliphatic hydroxyl groups is 2. The second kappa shape index (κ2) is 19.3. The van der Waals surface area contributed by atoms with Crippen LogP contribution in [0, 0.1) is 17.8 Å². The van der Waals surface area contributed by atoms with Crippen molar-refractivity contribution >= 4 is 32.9 Å². The Kier molecular flexibility index (Phi) is 14.1. The van der Waals surface area contributed by atoms with Crippen LogP contribution < -0.4 is 14.2 Å². The molecule has 7 rings (SSSR count). The molecule has 2 N–H and O–H groups in total. The summed E-state index contributed by atoms with van der Waals surface area (Å²) in [5.41, 5.74) is 2.29. The predicted octanol–water partition coefficient (Wildman–Crippen LogP) is 8.60. The van der Waals surface area contributed by atoms with E-state index in [0.717, 1.165) is 43.1 Å². The zero-order valence-corrected chi connectivity index (χ0v) is 37.6. The van der Waals surface area contributed by atoms with Gasteiger partial charge in [-0.25, -0.2) is 8.42 Å². The van der Waals surface area contributed by atoms with Gasteiger partial charge in [-0.3, -0.25) is 9.78 Å². The fourth-order valence-corrected chi connectivity index (χ4v) is 11.1. The number of carbonyl (C=O) groups is 1. The average molecular weight is 882 g/mol. The Morgan fingerprint density at radius 1 is 1.00 bits per heavy atom. The number of carbonyl (C=O) groups excluding carboxylic acids is 1. The maximum atomic E-state index is 15.2. The maximum Gasteiger partial charge on any atom is 0.245 e. The molecule has 2 heterocycles. The molecule has 0 spiro atoms. The third kappa shape index (κ3) is 9.28. The van der Waals surface area contributed by atoms with Crippen molar-refractivity contribution in [1.29, 1.82) is 0 Å². The van der Waals surface area contributed by atoms with E-state index in [-0.39, 0.29) is 48.9 Å². The molecule has 336 valence electrons. The number of hydrogen-bond acceptors (Lipinski definition) is 12. The summed E-state index contributed by atoms with van der Waals surface area (Å²) < 4.78 is 57.8. The van der Waals surface area contributed by atoms with Crippen molar-refractivity contribution in [3.63, 3.8) is 0 Å². The van der Waals surface area contributed by atoms with Gasteiger partial charge in [0.1, 0.15) is 33.5 Å². The second-order valence-corrected chi connectivity index (χ2v) is 19.4. The molecule has 3 aromatic carbocycles. The third-order valence-electron chi connectivity index (χ3n) is 12.3. The Hall–Kier alpha value is -5.12. The normalized spacial score (nSPS) is 23.7. The van der Waals surface area contributed by atoms with Crippen molar-refractivity contribution < 1.29 is 47.2 Å². The number of likely N-dealkylation sites (N-methyl/N-ethyl adjacent to an activating group) is 1. The maximum absolute atomic E-state index is 15.2. The molecule has 0 amide bonds. The minimum Gasteiger partial charge on any atom is -0.496 e. The lowest BCUT2D eigenvalue weighted by atomic mass is 9.55. The molecule has 3 aliphatic rings. The van der Waals surface area contributed by atoms with Crippen LogP contribution in [0.4, 0.5) is 0 Å². The SMILES string of the molecule is C=CCO[C@@]12Oc3ccc(Oc4ccc(OC)c(C=O)c4)cc3[C@H]3[C@H](CCCCO)[C@@H](CCCCO)C=C(C(=NOC(C)(C)C)C[C@@H]1N(C)S(=O)(=O)c1cccc4cccnc14)[C@H]32. The van der Waals surface area contributed by atoms with Gasteiger partial charge in [0.05, 0.1) is 42.5 Å². The van der Waals surface area contributed by atoms with E-state index in [1.54, 1.807) is 61.8 Å². The van der Waals surface area contributed by atoms with E-state index in [1.807, 2.05) is 45.0 Å². The van der Waals surface area contributed by atoms with E-state index in [1.165, 1.54) is 11.4 Å². The van der Waals surface area contributed by atoms with Crippen LogP contribution in [0.15, 0.2) is 107 Å². The fourth-order valence-electron chi connectivity index (χ4n) is 9.57. The smallest absolute Gasteiger partial charge is 0.245 e. The topological polar surface area (TPSA) is 166 Å². The Labute approximate surface area is 370 Å². The van der Waals surface area contributed by atoms with E-state index < -0.39 is 33.4 Å². The third-order valence-corrected chi connectivity index (χ3v) is 14.2. The van der Waals surface area contributed by atoms with E-state index in [9.17, 15) is 15.0 Å². The lowest BCUT2D eigenvalue weighted by molar-refractivity contribution is -0.250. The van der Waals surface area contributed by atoms with Crippen molar-refractivity contribution in [2.75, 3.05) is 34.0 Å². The number of allylic oxidation sites excluding steroid dienone is 1. The summed E-state index contributed by atoms with van der Waals surface area (Å²) in [7, 11) is -1.23. The minimum absolute atomic E-state index is 0.00420. The molecule has 4 aromatic rings. The molecule has 2 aliphatic carbocycles. The van der Waals surface area contributed by atoms with Crippen LogP contribution in [-0.4, -0.2) is 91.3 Å². The van der Waals surface area contributed by atoms with Gasteiger partial charge in [-0.1, -0.05) is 48.3 Å². The first-order valence-electron chi connectivity index (χ1n) is 21.7. The highest BCUT2D eigenvalue weighted by atomic mass is 32.2. The summed E-state index contributed by atoms with van der Waals surface area (Å²) in [6, 6.07) is 18.4. The molecule has 63 heavy (non-hydrogen) atoms. The molecule has 0 bridgehead atoms. The van der Waals surface area contributed by atoms with Crippen LogP contribution in [-0.2, 0) is 19.6 Å². The second-order valence-electron chi connectivity index (χ2n) is 17.5. The van der Waals surface area contributed by atoms with E-state index in [4.69, 9.17) is 28.9 Å². The van der Waals surface area contributed by atoms with Gasteiger partial charge in [0.25, 0.3) is 0 Å². The Morgan fingerprint density at radius 2 is 1.73 bits per heavy atom. The van der Waals surface area contributed by atoms with Gasteiger partial charge >= 0.3 is 0 Å². The van der Waals surface area contributed by atoms with Gasteiger partial charge in [-0.05, 0) is 112 Å². The van der Waals surface area contributed by atoms with Gasteiger partial charge < -0.3 is 34.0 Å². The number of rotatable bonds is 19. The summed E-state index contributed by atoms with van der Waals surface area (Å²) in [5.74, 6) is -0.770. The molecule has 1 saturated carbocycles. The van der Waals surface area contributed by atoms with Crippen molar-refractivity contribution in [3.05, 3.63) is 108 Å². The number of aliphatic hydroxyl groups excluding tert-OH is 2. The minimum atomic E-state index is -4.29. The first-order chi connectivity index (χ1) is 30.3. The van der Waals surface area contributed by atoms with Crippen molar-refractivity contribution in [2.24, 2.45) is 22.9 Å². The number of methoxy groups -OCH3 is 1. The Balaban J connectivity index is 1.47.